The van der Waals surface area contributed by atoms with Gasteiger partial charge in [-0.2, -0.15) is 0 Å². The fourth-order valence-electron chi connectivity index (χ4n) is 3.79. The highest BCUT2D eigenvalue weighted by Crippen LogP contribution is 2.35. The number of rotatable bonds is 6. The summed E-state index contributed by atoms with van der Waals surface area (Å²) in [5.41, 5.74) is 12.3. The van der Waals surface area contributed by atoms with E-state index in [4.69, 9.17) is 39.4 Å². The van der Waals surface area contributed by atoms with Gasteiger partial charge in [0.2, 0.25) is 11.8 Å². The van der Waals surface area contributed by atoms with Crippen molar-refractivity contribution >= 4 is 40.8 Å². The molecular formula is C24H26Cl2FN5O3. The monoisotopic (exact) mass is 521 g/mol. The Kier molecular flexibility index (Phi) is 8.78. The highest BCUT2D eigenvalue weighted by Gasteiger charge is 2.27. The molecule has 2 aromatic rings. The Morgan fingerprint density at radius 3 is 2.57 bits per heavy atom. The van der Waals surface area contributed by atoms with Crippen molar-refractivity contribution in [1.82, 2.24) is 14.8 Å². The number of nitrogens with zero attached hydrogens (tertiary/aromatic N) is 3. The molecule has 186 valence electrons. The van der Waals surface area contributed by atoms with Crippen LogP contribution >= 0.6 is 23.2 Å². The van der Waals surface area contributed by atoms with E-state index in [-0.39, 0.29) is 33.9 Å². The lowest BCUT2D eigenvalue weighted by atomic mass is 10.1. The molecule has 35 heavy (non-hydrogen) atoms. The van der Waals surface area contributed by atoms with E-state index in [1.165, 1.54) is 25.3 Å². The van der Waals surface area contributed by atoms with Gasteiger partial charge in [-0.05, 0) is 19.1 Å². The first kappa shape index (κ1) is 26.5. The van der Waals surface area contributed by atoms with E-state index >= 15 is 0 Å². The molecule has 0 bridgehead atoms. The van der Waals surface area contributed by atoms with Gasteiger partial charge in [0.05, 0.1) is 5.02 Å². The van der Waals surface area contributed by atoms with E-state index in [9.17, 15) is 14.0 Å². The van der Waals surface area contributed by atoms with Crippen LogP contribution in [0.3, 0.4) is 0 Å². The van der Waals surface area contributed by atoms with E-state index in [1.807, 2.05) is 4.90 Å². The number of piperazine rings is 1. The first-order valence-corrected chi connectivity index (χ1v) is 11.7. The molecule has 11 heteroatoms. The Morgan fingerprint density at radius 1 is 1.26 bits per heavy atom. The topological polar surface area (TPSA) is 115 Å². The number of hydrogen-bond donors (Lipinski definition) is 2. The minimum atomic E-state index is -0.717. The number of halogens is 3. The summed E-state index contributed by atoms with van der Waals surface area (Å²) in [6.45, 7) is 5.33. The highest BCUT2D eigenvalue weighted by molar-refractivity contribution is 6.36. The van der Waals surface area contributed by atoms with Crippen molar-refractivity contribution in [3.8, 4) is 17.6 Å². The molecule has 8 nitrogen and oxygen atoms in total. The van der Waals surface area contributed by atoms with Crippen LogP contribution in [0.25, 0.3) is 0 Å². The van der Waals surface area contributed by atoms with Crippen molar-refractivity contribution in [3.05, 3.63) is 51.4 Å². The van der Waals surface area contributed by atoms with E-state index in [2.05, 4.69) is 16.8 Å². The molecule has 2 atom stereocenters. The van der Waals surface area contributed by atoms with Gasteiger partial charge in [-0.3, -0.25) is 14.5 Å². The summed E-state index contributed by atoms with van der Waals surface area (Å²) in [5, 5.41) is 0.127. The predicted octanol–water partition coefficient (Wildman–Crippen LogP) is 3.01. The van der Waals surface area contributed by atoms with Gasteiger partial charge in [-0.1, -0.05) is 35.0 Å². The van der Waals surface area contributed by atoms with E-state index in [0.29, 0.717) is 37.3 Å². The standard InChI is InChI=1S/C24H26Cl2FN5O3/c1-14(21-17(25)6-7-18(27)22(21)26)35-20-12-16(13-30-23(20)28)4-3-5-19(24(29)34)32-10-8-31(9-11-32)15(2)33/h6-7,12-14,19H,5,8-11H2,1-2H3,(H2,28,30)(H2,29,34). The summed E-state index contributed by atoms with van der Waals surface area (Å²) in [6, 6.07) is 3.59. The zero-order chi connectivity index (χ0) is 25.7. The van der Waals surface area contributed by atoms with Crippen LogP contribution in [0.1, 0.15) is 37.5 Å². The second kappa shape index (κ2) is 11.6. The Bertz CT molecular complexity index is 1180. The Labute approximate surface area is 213 Å². The summed E-state index contributed by atoms with van der Waals surface area (Å²) < 4.78 is 19.8. The molecule has 0 radical (unpaired) electrons. The van der Waals surface area contributed by atoms with E-state index < -0.39 is 23.9 Å². The van der Waals surface area contributed by atoms with Gasteiger partial charge in [-0.15, -0.1) is 0 Å². The zero-order valence-corrected chi connectivity index (χ0v) is 20.9. The molecule has 0 spiro atoms. The van der Waals surface area contributed by atoms with Crippen LogP contribution in [0.5, 0.6) is 5.75 Å². The minimum absolute atomic E-state index is 0.00482. The molecular weight excluding hydrogens is 496 g/mol. The lowest BCUT2D eigenvalue weighted by molar-refractivity contribution is -0.131. The largest absolute Gasteiger partial charge is 0.482 e. The highest BCUT2D eigenvalue weighted by atomic mass is 35.5. The molecule has 1 aliphatic heterocycles. The Morgan fingerprint density at radius 2 is 1.94 bits per heavy atom. The number of carbonyl (C=O) groups excluding carboxylic acids is 2. The number of aromatic nitrogens is 1. The average molecular weight is 522 g/mol. The first-order chi connectivity index (χ1) is 16.6. The lowest BCUT2D eigenvalue weighted by Gasteiger charge is -2.37. The molecule has 0 aliphatic carbocycles. The number of carbonyl (C=O) groups is 2. The maximum atomic E-state index is 13.9. The summed E-state index contributed by atoms with van der Waals surface area (Å²) in [6.07, 6.45) is 0.972. The van der Waals surface area contributed by atoms with Gasteiger partial charge < -0.3 is 21.1 Å². The molecule has 0 saturated carbocycles. The average Bonchev–Trinajstić information content (AvgIpc) is 2.81. The maximum Gasteiger partial charge on any atom is 0.235 e. The molecule has 1 aromatic heterocycles. The van der Waals surface area contributed by atoms with Crippen LogP contribution in [0, 0.1) is 17.7 Å². The van der Waals surface area contributed by atoms with Crippen LogP contribution in [-0.2, 0) is 9.59 Å². The second-order valence-corrected chi connectivity index (χ2v) is 8.88. The van der Waals surface area contributed by atoms with Gasteiger partial charge in [0.15, 0.2) is 11.6 Å². The summed E-state index contributed by atoms with van der Waals surface area (Å²) >= 11 is 12.3. The number of benzene rings is 1. The van der Waals surface area contributed by atoms with Crippen LogP contribution in [0.4, 0.5) is 10.2 Å². The van der Waals surface area contributed by atoms with Gasteiger partial charge in [-0.25, -0.2) is 9.37 Å². The molecule has 2 heterocycles. The SMILES string of the molecule is CC(=O)N1CCN(C(CC#Cc2cnc(N)c(OC(C)c3c(Cl)ccc(F)c3Cl)c2)C(N)=O)CC1. The molecule has 4 N–H and O–H groups in total. The van der Waals surface area contributed by atoms with Gasteiger partial charge in [0.1, 0.15) is 18.0 Å². The third-order valence-electron chi connectivity index (χ3n) is 5.73. The Hall–Kier alpha value is -3.06. The molecule has 2 amide bonds. The number of primary amides is 1. The van der Waals surface area contributed by atoms with Gasteiger partial charge in [0.25, 0.3) is 0 Å². The zero-order valence-electron chi connectivity index (χ0n) is 19.4. The number of hydrogen-bond acceptors (Lipinski definition) is 6. The first-order valence-electron chi connectivity index (χ1n) is 10.9. The summed E-state index contributed by atoms with van der Waals surface area (Å²) in [5.74, 6) is 5.18. The second-order valence-electron chi connectivity index (χ2n) is 8.09. The van der Waals surface area contributed by atoms with Crippen molar-refractivity contribution in [2.24, 2.45) is 5.73 Å². The lowest BCUT2D eigenvalue weighted by Crippen LogP contribution is -2.54. The summed E-state index contributed by atoms with van der Waals surface area (Å²) in [4.78, 5) is 31.3. The number of amides is 2. The minimum Gasteiger partial charge on any atom is -0.482 e. The van der Waals surface area contributed by atoms with Crippen molar-refractivity contribution in [2.45, 2.75) is 32.4 Å². The number of nitrogens with two attached hydrogens (primary N) is 2. The number of anilines is 1. The van der Waals surface area contributed by atoms with Gasteiger partial charge in [0, 0.05) is 67.9 Å². The predicted molar refractivity (Wildman–Crippen MR) is 132 cm³/mol. The van der Waals surface area contributed by atoms with E-state index in [1.54, 1.807) is 17.9 Å². The number of pyridine rings is 1. The van der Waals surface area contributed by atoms with Crippen molar-refractivity contribution in [2.75, 3.05) is 31.9 Å². The fraction of sp³-hybridized carbons (Fsp3) is 0.375. The maximum absolute atomic E-state index is 13.9. The molecule has 1 aromatic carbocycles. The van der Waals surface area contributed by atoms with E-state index in [0.717, 1.165) is 0 Å². The van der Waals surface area contributed by atoms with Crippen molar-refractivity contribution in [1.29, 1.82) is 0 Å². The molecule has 2 unspecified atom stereocenters. The number of nitrogen functional groups attached to an aromatic ring is 1. The van der Waals surface area contributed by atoms with Crippen LogP contribution < -0.4 is 16.2 Å². The quantitative estimate of drug-likeness (QED) is 0.446. The van der Waals surface area contributed by atoms with Crippen molar-refractivity contribution < 1.29 is 18.7 Å². The molecule has 3 rings (SSSR count). The molecule has 1 saturated heterocycles. The van der Waals surface area contributed by atoms with Gasteiger partial charge >= 0.3 is 0 Å². The smallest absolute Gasteiger partial charge is 0.235 e. The third-order valence-corrected chi connectivity index (χ3v) is 6.44. The number of ether oxygens (including phenoxy) is 1. The van der Waals surface area contributed by atoms with Crippen LogP contribution in [-0.4, -0.2) is 58.8 Å². The van der Waals surface area contributed by atoms with Crippen LogP contribution in [0.2, 0.25) is 10.0 Å². The molecule has 1 fully saturated rings. The Balaban J connectivity index is 1.71. The van der Waals surface area contributed by atoms with Crippen LogP contribution in [0.15, 0.2) is 24.4 Å². The third kappa shape index (κ3) is 6.54. The summed E-state index contributed by atoms with van der Waals surface area (Å²) in [7, 11) is 0. The molecule has 1 aliphatic rings. The normalized spacial score (nSPS) is 15.6. The fourth-order valence-corrected chi connectivity index (χ4v) is 4.47. The van der Waals surface area contributed by atoms with Crippen molar-refractivity contribution in [3.63, 3.8) is 0 Å².